The van der Waals surface area contributed by atoms with E-state index in [9.17, 15) is 0 Å². The zero-order valence-corrected chi connectivity index (χ0v) is 12.5. The minimum atomic E-state index is 0.426. The van der Waals surface area contributed by atoms with E-state index in [1.807, 2.05) is 18.6 Å². The van der Waals surface area contributed by atoms with Crippen LogP contribution in [-0.2, 0) is 0 Å². The summed E-state index contributed by atoms with van der Waals surface area (Å²) >= 11 is 3.48. The monoisotopic (exact) mass is 317 g/mol. The molecule has 0 radical (unpaired) electrons. The molecule has 3 nitrogen and oxygen atoms in total. The van der Waals surface area contributed by atoms with Gasteiger partial charge in [-0.3, -0.25) is 4.98 Å². The standard InChI is InChI=1S/C15H16BrN3/c1-11-9-13(16)10-18-15(11)19-8-2-3-14(19)12-4-6-17-7-5-12/h4-7,9-10,14H,2-3,8H2,1H3. The van der Waals surface area contributed by atoms with Crippen molar-refractivity contribution in [3.8, 4) is 0 Å². The third-order valence-corrected chi connectivity index (χ3v) is 4.07. The predicted molar refractivity (Wildman–Crippen MR) is 80.2 cm³/mol. The van der Waals surface area contributed by atoms with Gasteiger partial charge in [-0.1, -0.05) is 0 Å². The summed E-state index contributed by atoms with van der Waals surface area (Å²) in [5.74, 6) is 1.10. The van der Waals surface area contributed by atoms with Crippen LogP contribution in [0.5, 0.6) is 0 Å². The van der Waals surface area contributed by atoms with Gasteiger partial charge >= 0.3 is 0 Å². The van der Waals surface area contributed by atoms with E-state index >= 15 is 0 Å². The molecule has 1 saturated heterocycles. The number of aromatic nitrogens is 2. The number of aryl methyl sites for hydroxylation is 1. The van der Waals surface area contributed by atoms with Gasteiger partial charge in [-0.25, -0.2) is 4.98 Å². The fourth-order valence-corrected chi connectivity index (χ4v) is 3.23. The molecule has 1 aliphatic heterocycles. The zero-order chi connectivity index (χ0) is 13.2. The maximum atomic E-state index is 4.60. The smallest absolute Gasteiger partial charge is 0.132 e. The fraction of sp³-hybridized carbons (Fsp3) is 0.333. The van der Waals surface area contributed by atoms with Gasteiger partial charge in [0.25, 0.3) is 0 Å². The molecular weight excluding hydrogens is 302 g/mol. The molecule has 0 amide bonds. The van der Waals surface area contributed by atoms with Crippen molar-refractivity contribution in [1.29, 1.82) is 0 Å². The van der Waals surface area contributed by atoms with Crippen molar-refractivity contribution in [3.63, 3.8) is 0 Å². The highest BCUT2D eigenvalue weighted by Crippen LogP contribution is 2.36. The highest BCUT2D eigenvalue weighted by molar-refractivity contribution is 9.10. The molecule has 2 aromatic rings. The number of hydrogen-bond acceptors (Lipinski definition) is 3. The normalized spacial score (nSPS) is 18.8. The van der Waals surface area contributed by atoms with Crippen molar-refractivity contribution in [1.82, 2.24) is 9.97 Å². The van der Waals surface area contributed by atoms with Gasteiger partial charge in [-0.15, -0.1) is 0 Å². The number of halogens is 1. The molecule has 4 heteroatoms. The molecule has 0 aliphatic carbocycles. The molecule has 1 aliphatic rings. The molecule has 0 saturated carbocycles. The topological polar surface area (TPSA) is 29.0 Å². The van der Waals surface area contributed by atoms with Crippen LogP contribution in [0.15, 0.2) is 41.3 Å². The molecule has 98 valence electrons. The van der Waals surface area contributed by atoms with Crippen LogP contribution in [0.2, 0.25) is 0 Å². The lowest BCUT2D eigenvalue weighted by molar-refractivity contribution is 0.708. The minimum Gasteiger partial charge on any atom is -0.349 e. The van der Waals surface area contributed by atoms with Crippen molar-refractivity contribution in [2.75, 3.05) is 11.4 Å². The number of anilines is 1. The molecule has 0 spiro atoms. The molecule has 19 heavy (non-hydrogen) atoms. The second-order valence-electron chi connectivity index (χ2n) is 4.93. The third-order valence-electron chi connectivity index (χ3n) is 3.63. The van der Waals surface area contributed by atoms with Crippen LogP contribution in [0.1, 0.15) is 30.0 Å². The summed E-state index contributed by atoms with van der Waals surface area (Å²) in [5, 5.41) is 0. The molecule has 2 aromatic heterocycles. The number of hydrogen-bond donors (Lipinski definition) is 0. The van der Waals surface area contributed by atoms with Gasteiger partial charge in [0.1, 0.15) is 5.82 Å². The molecular formula is C15H16BrN3. The Hall–Kier alpha value is -1.42. The average Bonchev–Trinajstić information content (AvgIpc) is 2.89. The van der Waals surface area contributed by atoms with Gasteiger partial charge in [-0.2, -0.15) is 0 Å². The SMILES string of the molecule is Cc1cc(Br)cnc1N1CCCC1c1ccncc1. The van der Waals surface area contributed by atoms with Gasteiger partial charge in [0.15, 0.2) is 0 Å². The minimum absolute atomic E-state index is 0.426. The summed E-state index contributed by atoms with van der Waals surface area (Å²) in [6.45, 7) is 3.19. The van der Waals surface area contributed by atoms with Crippen molar-refractivity contribution < 1.29 is 0 Å². The Morgan fingerprint density at radius 3 is 2.84 bits per heavy atom. The lowest BCUT2D eigenvalue weighted by atomic mass is 10.1. The zero-order valence-electron chi connectivity index (χ0n) is 10.9. The lowest BCUT2D eigenvalue weighted by Gasteiger charge is -2.27. The number of pyridine rings is 2. The summed E-state index contributed by atoms with van der Waals surface area (Å²) in [5.41, 5.74) is 2.55. The van der Waals surface area contributed by atoms with Crippen LogP contribution in [-0.4, -0.2) is 16.5 Å². The average molecular weight is 318 g/mol. The van der Waals surface area contributed by atoms with Crippen molar-refractivity contribution >= 4 is 21.7 Å². The summed E-state index contributed by atoms with van der Waals surface area (Å²) in [6.07, 6.45) is 8.01. The van der Waals surface area contributed by atoms with Gasteiger partial charge in [-0.05, 0) is 65.0 Å². The molecule has 1 unspecified atom stereocenters. The molecule has 1 fully saturated rings. The largest absolute Gasteiger partial charge is 0.349 e. The van der Waals surface area contributed by atoms with E-state index in [0.29, 0.717) is 6.04 Å². The summed E-state index contributed by atoms with van der Waals surface area (Å²) < 4.78 is 1.04. The molecule has 3 rings (SSSR count). The van der Waals surface area contributed by atoms with Gasteiger partial charge in [0, 0.05) is 29.6 Å². The highest BCUT2D eigenvalue weighted by atomic mass is 79.9. The molecule has 3 heterocycles. The van der Waals surface area contributed by atoms with E-state index in [-0.39, 0.29) is 0 Å². The van der Waals surface area contributed by atoms with Crippen LogP contribution >= 0.6 is 15.9 Å². The Labute approximate surface area is 121 Å². The van der Waals surface area contributed by atoms with E-state index in [4.69, 9.17) is 0 Å². The molecule has 0 bridgehead atoms. The summed E-state index contributed by atoms with van der Waals surface area (Å²) in [4.78, 5) is 11.1. The van der Waals surface area contributed by atoms with Crippen LogP contribution in [0.4, 0.5) is 5.82 Å². The van der Waals surface area contributed by atoms with Crippen LogP contribution in [0, 0.1) is 6.92 Å². The van der Waals surface area contributed by atoms with E-state index in [0.717, 1.165) is 16.8 Å². The van der Waals surface area contributed by atoms with Crippen molar-refractivity contribution in [2.24, 2.45) is 0 Å². The number of rotatable bonds is 2. The number of nitrogens with zero attached hydrogens (tertiary/aromatic N) is 3. The maximum Gasteiger partial charge on any atom is 0.132 e. The second kappa shape index (κ2) is 5.29. The van der Waals surface area contributed by atoms with Crippen molar-refractivity contribution in [3.05, 3.63) is 52.4 Å². The Balaban J connectivity index is 1.95. The van der Waals surface area contributed by atoms with Crippen LogP contribution in [0.3, 0.4) is 0 Å². The van der Waals surface area contributed by atoms with E-state index in [1.54, 1.807) is 0 Å². The molecule has 0 N–H and O–H groups in total. The van der Waals surface area contributed by atoms with Crippen LogP contribution < -0.4 is 4.90 Å². The Kier molecular flexibility index (Phi) is 3.51. The first kappa shape index (κ1) is 12.6. The summed E-state index contributed by atoms with van der Waals surface area (Å²) in [6, 6.07) is 6.77. The first-order valence-corrected chi connectivity index (χ1v) is 7.34. The Morgan fingerprint density at radius 2 is 2.11 bits per heavy atom. The molecule has 1 atom stereocenters. The maximum absolute atomic E-state index is 4.60. The van der Waals surface area contributed by atoms with Gasteiger partial charge in [0.05, 0.1) is 6.04 Å². The van der Waals surface area contributed by atoms with Crippen LogP contribution in [0.25, 0.3) is 0 Å². The van der Waals surface area contributed by atoms with Gasteiger partial charge in [0.2, 0.25) is 0 Å². The second-order valence-corrected chi connectivity index (χ2v) is 5.84. The van der Waals surface area contributed by atoms with E-state index in [1.165, 1.54) is 24.0 Å². The van der Waals surface area contributed by atoms with E-state index in [2.05, 4.69) is 55.9 Å². The highest BCUT2D eigenvalue weighted by Gasteiger charge is 2.27. The third kappa shape index (κ3) is 2.50. The predicted octanol–water partition coefficient (Wildman–Crippen LogP) is 3.89. The first-order chi connectivity index (χ1) is 9.25. The first-order valence-electron chi connectivity index (χ1n) is 6.54. The molecule has 0 aromatic carbocycles. The Bertz CT molecular complexity index is 571. The Morgan fingerprint density at radius 1 is 1.32 bits per heavy atom. The fourth-order valence-electron chi connectivity index (χ4n) is 2.79. The lowest BCUT2D eigenvalue weighted by Crippen LogP contribution is -2.24. The van der Waals surface area contributed by atoms with Crippen molar-refractivity contribution in [2.45, 2.75) is 25.8 Å². The van der Waals surface area contributed by atoms with E-state index < -0.39 is 0 Å². The quantitative estimate of drug-likeness (QED) is 0.841. The van der Waals surface area contributed by atoms with Gasteiger partial charge < -0.3 is 4.90 Å². The summed E-state index contributed by atoms with van der Waals surface area (Å²) in [7, 11) is 0.